The summed E-state index contributed by atoms with van der Waals surface area (Å²) in [5, 5.41) is 5.17. The lowest BCUT2D eigenvalue weighted by Crippen LogP contribution is -2.46. The van der Waals surface area contributed by atoms with Gasteiger partial charge in [0.05, 0.1) is 11.2 Å². The number of aromatic nitrogens is 1. The predicted molar refractivity (Wildman–Crippen MR) is 87.9 cm³/mol. The first-order valence-electron chi connectivity index (χ1n) is 8.00. The largest absolute Gasteiger partial charge is 0.303 e. The first-order chi connectivity index (χ1) is 10.2. The van der Waals surface area contributed by atoms with Gasteiger partial charge in [-0.3, -0.25) is 0 Å². The summed E-state index contributed by atoms with van der Waals surface area (Å²) in [6, 6.07) is 9.34. The molecule has 1 aromatic heterocycles. The molecule has 0 saturated heterocycles. The van der Waals surface area contributed by atoms with E-state index in [1.807, 2.05) is 11.3 Å². The quantitative estimate of drug-likeness (QED) is 0.936. The van der Waals surface area contributed by atoms with Crippen LogP contribution < -0.4 is 5.32 Å². The second kappa shape index (κ2) is 4.92. The van der Waals surface area contributed by atoms with Crippen LogP contribution >= 0.6 is 11.3 Å². The van der Waals surface area contributed by atoms with Gasteiger partial charge in [-0.1, -0.05) is 24.3 Å². The van der Waals surface area contributed by atoms with E-state index in [9.17, 15) is 0 Å². The fourth-order valence-electron chi connectivity index (χ4n) is 3.88. The molecule has 21 heavy (non-hydrogen) atoms. The Balaban J connectivity index is 1.75. The van der Waals surface area contributed by atoms with E-state index in [4.69, 9.17) is 4.98 Å². The number of nitrogens with zero attached hydrogens (tertiary/aromatic N) is 1. The minimum atomic E-state index is 0.0207. The van der Waals surface area contributed by atoms with Crippen LogP contribution in [0, 0.1) is 0 Å². The van der Waals surface area contributed by atoms with E-state index in [2.05, 4.69) is 43.4 Å². The van der Waals surface area contributed by atoms with E-state index in [0.717, 1.165) is 12.8 Å². The van der Waals surface area contributed by atoms with Gasteiger partial charge < -0.3 is 5.32 Å². The molecule has 0 unspecified atom stereocenters. The SMILES string of the molecule is CC(C)NC1(c2nc3c(s2)CCC3)Cc2ccccc2C1. The second-order valence-electron chi connectivity index (χ2n) is 6.75. The molecule has 0 atom stereocenters. The predicted octanol–water partition coefficient (Wildman–Crippen LogP) is 3.62. The maximum Gasteiger partial charge on any atom is 0.114 e. The Bertz CT molecular complexity index is 625. The van der Waals surface area contributed by atoms with E-state index in [-0.39, 0.29) is 5.54 Å². The van der Waals surface area contributed by atoms with Crippen molar-refractivity contribution < 1.29 is 0 Å². The number of aryl methyl sites for hydroxylation is 2. The molecule has 2 aliphatic carbocycles. The van der Waals surface area contributed by atoms with E-state index < -0.39 is 0 Å². The van der Waals surface area contributed by atoms with Crippen LogP contribution in [-0.2, 0) is 31.2 Å². The topological polar surface area (TPSA) is 24.9 Å². The summed E-state index contributed by atoms with van der Waals surface area (Å²) < 4.78 is 0. The summed E-state index contributed by atoms with van der Waals surface area (Å²) >= 11 is 1.96. The van der Waals surface area contributed by atoms with Crippen molar-refractivity contribution >= 4 is 11.3 Å². The van der Waals surface area contributed by atoms with Crippen molar-refractivity contribution in [3.63, 3.8) is 0 Å². The van der Waals surface area contributed by atoms with Crippen molar-refractivity contribution in [3.05, 3.63) is 51.0 Å². The molecule has 1 aromatic carbocycles. The zero-order valence-electron chi connectivity index (χ0n) is 12.8. The second-order valence-corrected chi connectivity index (χ2v) is 7.83. The molecule has 0 saturated carbocycles. The molecule has 3 heteroatoms. The Hall–Kier alpha value is -1.19. The van der Waals surface area contributed by atoms with Crippen LogP contribution in [0.1, 0.15) is 47.0 Å². The lowest BCUT2D eigenvalue weighted by molar-refractivity contribution is 0.317. The van der Waals surface area contributed by atoms with Crippen molar-refractivity contribution in [2.24, 2.45) is 0 Å². The van der Waals surface area contributed by atoms with Crippen molar-refractivity contribution in [2.45, 2.75) is 57.5 Å². The van der Waals surface area contributed by atoms with Crippen molar-refractivity contribution in [2.75, 3.05) is 0 Å². The van der Waals surface area contributed by atoms with Crippen LogP contribution in [0.2, 0.25) is 0 Å². The summed E-state index contributed by atoms with van der Waals surface area (Å²) in [7, 11) is 0. The van der Waals surface area contributed by atoms with Crippen LogP contribution in [0.3, 0.4) is 0 Å². The Labute approximate surface area is 130 Å². The molecule has 2 aromatic rings. The maximum absolute atomic E-state index is 5.04. The molecular formula is C18H22N2S. The molecule has 2 nitrogen and oxygen atoms in total. The Kier molecular flexibility index (Phi) is 3.16. The molecular weight excluding hydrogens is 276 g/mol. The fraction of sp³-hybridized carbons (Fsp3) is 0.500. The van der Waals surface area contributed by atoms with Gasteiger partial charge in [0.25, 0.3) is 0 Å². The number of thiazole rings is 1. The van der Waals surface area contributed by atoms with Gasteiger partial charge >= 0.3 is 0 Å². The molecule has 0 amide bonds. The number of benzene rings is 1. The molecule has 110 valence electrons. The number of fused-ring (bicyclic) bond motifs is 2. The van der Waals surface area contributed by atoms with Crippen LogP contribution in [0.25, 0.3) is 0 Å². The highest BCUT2D eigenvalue weighted by Crippen LogP contribution is 2.42. The number of nitrogens with one attached hydrogen (secondary N) is 1. The highest BCUT2D eigenvalue weighted by Gasteiger charge is 2.42. The monoisotopic (exact) mass is 298 g/mol. The Morgan fingerprint density at radius 1 is 1.14 bits per heavy atom. The smallest absolute Gasteiger partial charge is 0.114 e. The first-order valence-corrected chi connectivity index (χ1v) is 8.81. The summed E-state index contributed by atoms with van der Waals surface area (Å²) in [5.41, 5.74) is 4.37. The number of rotatable bonds is 3. The van der Waals surface area contributed by atoms with Crippen molar-refractivity contribution in [1.82, 2.24) is 10.3 Å². The van der Waals surface area contributed by atoms with E-state index in [1.54, 1.807) is 0 Å². The molecule has 2 aliphatic rings. The van der Waals surface area contributed by atoms with Crippen LogP contribution in [-0.4, -0.2) is 11.0 Å². The molecule has 4 rings (SSSR count). The normalized spacial score (nSPS) is 19.0. The lowest BCUT2D eigenvalue weighted by Gasteiger charge is -2.31. The molecule has 0 bridgehead atoms. The number of hydrogen-bond acceptors (Lipinski definition) is 3. The third-order valence-electron chi connectivity index (χ3n) is 4.67. The van der Waals surface area contributed by atoms with Crippen molar-refractivity contribution in [3.8, 4) is 0 Å². The lowest BCUT2D eigenvalue weighted by atomic mass is 9.95. The van der Waals surface area contributed by atoms with Gasteiger partial charge in [-0.05, 0) is 57.1 Å². The molecule has 1 N–H and O–H groups in total. The Morgan fingerprint density at radius 2 is 1.86 bits per heavy atom. The van der Waals surface area contributed by atoms with Gasteiger partial charge in [0.2, 0.25) is 0 Å². The molecule has 1 heterocycles. The van der Waals surface area contributed by atoms with Gasteiger partial charge in [-0.2, -0.15) is 0 Å². The van der Waals surface area contributed by atoms with Crippen LogP contribution in [0.4, 0.5) is 0 Å². The van der Waals surface area contributed by atoms with Gasteiger partial charge in [0.15, 0.2) is 0 Å². The zero-order chi connectivity index (χ0) is 14.4. The van der Waals surface area contributed by atoms with E-state index in [1.165, 1.54) is 46.0 Å². The fourth-order valence-corrected chi connectivity index (χ4v) is 5.18. The zero-order valence-corrected chi connectivity index (χ0v) is 13.6. The third-order valence-corrected chi connectivity index (χ3v) is 6.03. The average molecular weight is 298 g/mol. The molecule has 0 radical (unpaired) electrons. The van der Waals surface area contributed by atoms with Gasteiger partial charge in [0.1, 0.15) is 5.01 Å². The molecule has 0 fully saturated rings. The summed E-state index contributed by atoms with van der Waals surface area (Å²) in [6.07, 6.45) is 5.86. The van der Waals surface area contributed by atoms with Crippen molar-refractivity contribution in [1.29, 1.82) is 0 Å². The Morgan fingerprint density at radius 3 is 2.48 bits per heavy atom. The summed E-state index contributed by atoms with van der Waals surface area (Å²) in [5.74, 6) is 0. The highest BCUT2D eigenvalue weighted by molar-refractivity contribution is 7.12. The minimum absolute atomic E-state index is 0.0207. The average Bonchev–Trinajstić information content (AvgIpc) is 3.09. The van der Waals surface area contributed by atoms with Crippen LogP contribution in [0.5, 0.6) is 0 Å². The standard InChI is InChI=1S/C18H22N2S/c1-12(2)20-18(10-13-6-3-4-7-14(13)11-18)17-19-15-8-5-9-16(15)21-17/h3-4,6-7,12,20H,5,8-11H2,1-2H3. The summed E-state index contributed by atoms with van der Waals surface area (Å²) in [6.45, 7) is 4.48. The van der Waals surface area contributed by atoms with Crippen LogP contribution in [0.15, 0.2) is 24.3 Å². The van der Waals surface area contributed by atoms with E-state index in [0.29, 0.717) is 6.04 Å². The highest BCUT2D eigenvalue weighted by atomic mass is 32.1. The molecule has 0 aliphatic heterocycles. The first kappa shape index (κ1) is 13.5. The van der Waals surface area contributed by atoms with Gasteiger partial charge in [-0.25, -0.2) is 4.98 Å². The third kappa shape index (κ3) is 2.23. The van der Waals surface area contributed by atoms with E-state index >= 15 is 0 Å². The van der Waals surface area contributed by atoms with Gasteiger partial charge in [-0.15, -0.1) is 11.3 Å². The minimum Gasteiger partial charge on any atom is -0.303 e. The maximum atomic E-state index is 5.04. The van der Waals surface area contributed by atoms with Gasteiger partial charge in [0, 0.05) is 10.9 Å². The molecule has 0 spiro atoms. The number of hydrogen-bond donors (Lipinski definition) is 1. The summed E-state index contributed by atoms with van der Waals surface area (Å²) in [4.78, 5) is 6.57.